The standard InChI is InChI=1S/C21H32N2O.Y/c1-4-23(15-8-6-5-7-9-16-23)21(13-14-21)20(24)22-19-17(2)11-10-12-18(19)3;/h10-12H,4-9,13-16H2,1-3H3;/p+1. The molecular weight excluding hydrogens is 385 g/mol. The van der Waals surface area contributed by atoms with Crippen molar-refractivity contribution in [2.75, 3.05) is 25.0 Å². The molecular formula is C21H33N2OY+. The van der Waals surface area contributed by atoms with Crippen molar-refractivity contribution in [3.05, 3.63) is 29.3 Å². The third-order valence-electron chi connectivity index (χ3n) is 6.55. The molecule has 25 heavy (non-hydrogen) atoms. The van der Waals surface area contributed by atoms with E-state index in [0.717, 1.165) is 40.7 Å². The van der Waals surface area contributed by atoms with Crippen molar-refractivity contribution in [2.45, 2.75) is 71.3 Å². The first-order valence-corrected chi connectivity index (χ1v) is 9.78. The molecule has 0 unspecified atom stereocenters. The summed E-state index contributed by atoms with van der Waals surface area (Å²) in [6.45, 7) is 9.90. The van der Waals surface area contributed by atoms with Gasteiger partial charge in [-0.2, -0.15) is 0 Å². The number of nitrogens with zero attached hydrogens (tertiary/aromatic N) is 1. The van der Waals surface area contributed by atoms with E-state index in [9.17, 15) is 4.79 Å². The van der Waals surface area contributed by atoms with Crippen LogP contribution in [0.4, 0.5) is 5.69 Å². The second kappa shape index (κ2) is 8.63. The van der Waals surface area contributed by atoms with Gasteiger partial charge in [0, 0.05) is 51.2 Å². The van der Waals surface area contributed by atoms with Crippen molar-refractivity contribution in [2.24, 2.45) is 0 Å². The zero-order chi connectivity index (χ0) is 17.2. The summed E-state index contributed by atoms with van der Waals surface area (Å²) in [5, 5.41) is 3.32. The Balaban J connectivity index is 0.00000225. The number of nitrogens with one attached hydrogen (secondary N) is 1. The van der Waals surface area contributed by atoms with Crippen molar-refractivity contribution in [3.8, 4) is 0 Å². The molecule has 0 bridgehead atoms. The number of likely N-dealkylation sites (tertiary alicyclic amines) is 1. The number of carbonyl (C=O) groups is 1. The van der Waals surface area contributed by atoms with E-state index >= 15 is 0 Å². The van der Waals surface area contributed by atoms with Crippen molar-refractivity contribution in [1.29, 1.82) is 0 Å². The van der Waals surface area contributed by atoms with E-state index in [1.165, 1.54) is 45.2 Å². The summed E-state index contributed by atoms with van der Waals surface area (Å²) in [5.41, 5.74) is 3.18. The van der Waals surface area contributed by atoms with Crippen molar-refractivity contribution >= 4 is 11.6 Å². The summed E-state index contributed by atoms with van der Waals surface area (Å²) in [4.78, 5) is 13.3. The molecule has 135 valence electrons. The summed E-state index contributed by atoms with van der Waals surface area (Å²) >= 11 is 0. The maximum absolute atomic E-state index is 13.3. The first-order valence-electron chi connectivity index (χ1n) is 9.78. The molecule has 4 heteroatoms. The number of hydrogen-bond acceptors (Lipinski definition) is 1. The van der Waals surface area contributed by atoms with Gasteiger partial charge in [0.15, 0.2) is 5.54 Å². The molecule has 1 N–H and O–H groups in total. The zero-order valence-electron chi connectivity index (χ0n) is 16.2. The van der Waals surface area contributed by atoms with Crippen LogP contribution in [0.25, 0.3) is 0 Å². The molecule has 2 fully saturated rings. The van der Waals surface area contributed by atoms with Crippen molar-refractivity contribution in [3.63, 3.8) is 0 Å². The maximum Gasteiger partial charge on any atom is 0.285 e. The SMILES string of the molecule is CC[N+]1(C2(C(=O)Nc3c(C)cccc3C)CC2)CCCCCCC1.[Y]. The number of likely N-dealkylation sites (N-methyl/N-ethyl adjacent to an activating group) is 1. The number of carbonyl (C=O) groups excluding carboxylic acids is 1. The number of rotatable bonds is 4. The van der Waals surface area contributed by atoms with Gasteiger partial charge in [-0.05, 0) is 57.6 Å². The Kier molecular flexibility index (Phi) is 7.27. The molecule has 1 aliphatic heterocycles. The Morgan fingerprint density at radius 3 is 2.04 bits per heavy atom. The van der Waals surface area contributed by atoms with Crippen LogP contribution >= 0.6 is 0 Å². The van der Waals surface area contributed by atoms with Gasteiger partial charge in [0.1, 0.15) is 0 Å². The molecule has 1 amide bonds. The minimum absolute atomic E-state index is 0. The fourth-order valence-electron chi connectivity index (χ4n) is 4.79. The van der Waals surface area contributed by atoms with Gasteiger partial charge in [0.2, 0.25) is 0 Å². The number of hydrogen-bond donors (Lipinski definition) is 1. The third-order valence-corrected chi connectivity index (χ3v) is 6.55. The van der Waals surface area contributed by atoms with Crippen molar-refractivity contribution < 1.29 is 42.0 Å². The Labute approximate surface area is 178 Å². The molecule has 3 nitrogen and oxygen atoms in total. The minimum Gasteiger partial charge on any atom is -0.320 e. The second-order valence-corrected chi connectivity index (χ2v) is 7.93. The van der Waals surface area contributed by atoms with Gasteiger partial charge in [-0.15, -0.1) is 0 Å². The Hall–Kier alpha value is -0.246. The Morgan fingerprint density at radius 1 is 1.04 bits per heavy atom. The van der Waals surface area contributed by atoms with E-state index in [1.54, 1.807) is 0 Å². The average molecular weight is 418 g/mol. The number of benzene rings is 1. The van der Waals surface area contributed by atoms with Gasteiger partial charge in [-0.3, -0.25) is 4.79 Å². The quantitative estimate of drug-likeness (QED) is 0.713. The van der Waals surface area contributed by atoms with E-state index in [0.29, 0.717) is 0 Å². The zero-order valence-corrected chi connectivity index (χ0v) is 19.1. The van der Waals surface area contributed by atoms with Crippen LogP contribution < -0.4 is 5.32 Å². The first-order chi connectivity index (χ1) is 11.5. The molecule has 1 aliphatic carbocycles. The molecule has 0 aromatic heterocycles. The third kappa shape index (κ3) is 4.04. The molecule has 1 heterocycles. The summed E-state index contributed by atoms with van der Waals surface area (Å²) in [6.07, 6.45) is 8.67. The normalized spacial score (nSPS) is 21.4. The van der Waals surface area contributed by atoms with E-state index in [1.807, 2.05) is 0 Å². The largest absolute Gasteiger partial charge is 0.320 e. The molecule has 1 saturated carbocycles. The van der Waals surface area contributed by atoms with E-state index in [2.05, 4.69) is 44.3 Å². The van der Waals surface area contributed by atoms with Gasteiger partial charge in [0.05, 0.1) is 19.6 Å². The van der Waals surface area contributed by atoms with Gasteiger partial charge in [0.25, 0.3) is 5.91 Å². The molecule has 1 aromatic carbocycles. The molecule has 0 atom stereocenters. The van der Waals surface area contributed by atoms with Gasteiger partial charge >= 0.3 is 0 Å². The van der Waals surface area contributed by atoms with E-state index < -0.39 is 0 Å². The van der Waals surface area contributed by atoms with Gasteiger partial charge in [-0.25, -0.2) is 0 Å². The molecule has 1 aromatic rings. The second-order valence-electron chi connectivity index (χ2n) is 7.93. The van der Waals surface area contributed by atoms with Gasteiger partial charge in [-0.1, -0.05) is 24.6 Å². The molecule has 3 rings (SSSR count). The van der Waals surface area contributed by atoms with Crippen LogP contribution in [0.3, 0.4) is 0 Å². The van der Waals surface area contributed by atoms with Crippen LogP contribution in [-0.4, -0.2) is 35.6 Å². The summed E-state index contributed by atoms with van der Waals surface area (Å²) in [7, 11) is 0. The molecule has 1 radical (unpaired) electrons. The molecule has 0 spiro atoms. The Morgan fingerprint density at radius 2 is 1.56 bits per heavy atom. The number of aryl methyl sites for hydroxylation is 2. The summed E-state index contributed by atoms with van der Waals surface area (Å²) in [5.74, 6) is 0.266. The van der Waals surface area contributed by atoms with Crippen LogP contribution in [-0.2, 0) is 37.5 Å². The van der Waals surface area contributed by atoms with Gasteiger partial charge < -0.3 is 9.80 Å². The van der Waals surface area contributed by atoms with E-state index in [4.69, 9.17) is 0 Å². The van der Waals surface area contributed by atoms with Crippen LogP contribution in [0.15, 0.2) is 18.2 Å². The number of anilines is 1. The number of quaternary nitrogens is 1. The summed E-state index contributed by atoms with van der Waals surface area (Å²) < 4.78 is 1.02. The first kappa shape index (κ1) is 21.1. The fraction of sp³-hybridized carbons (Fsp3) is 0.667. The fourth-order valence-corrected chi connectivity index (χ4v) is 4.79. The average Bonchev–Trinajstić information content (AvgIpc) is 3.33. The predicted molar refractivity (Wildman–Crippen MR) is 100 cm³/mol. The summed E-state index contributed by atoms with van der Waals surface area (Å²) in [6, 6.07) is 6.23. The molecule has 1 saturated heterocycles. The Bertz CT molecular complexity index is 582. The van der Waals surface area contributed by atoms with Crippen LogP contribution in [0.5, 0.6) is 0 Å². The van der Waals surface area contributed by atoms with Crippen LogP contribution in [0.2, 0.25) is 0 Å². The predicted octanol–water partition coefficient (Wildman–Crippen LogP) is 4.57. The minimum atomic E-state index is -0.166. The topological polar surface area (TPSA) is 29.1 Å². The smallest absolute Gasteiger partial charge is 0.285 e. The van der Waals surface area contributed by atoms with Crippen LogP contribution in [0.1, 0.15) is 63.0 Å². The maximum atomic E-state index is 13.3. The van der Waals surface area contributed by atoms with Crippen molar-refractivity contribution in [1.82, 2.24) is 0 Å². The monoisotopic (exact) mass is 418 g/mol. The van der Waals surface area contributed by atoms with Crippen LogP contribution in [0, 0.1) is 13.8 Å². The molecule has 2 aliphatic rings. The number of para-hydroxylation sites is 1. The number of amides is 1. The van der Waals surface area contributed by atoms with E-state index in [-0.39, 0.29) is 44.2 Å².